The highest BCUT2D eigenvalue weighted by Gasteiger charge is 2.26. The van der Waals surface area contributed by atoms with Gasteiger partial charge in [0.25, 0.3) is 11.8 Å². The lowest BCUT2D eigenvalue weighted by atomic mass is 9.99. The molecule has 0 spiro atoms. The van der Waals surface area contributed by atoms with E-state index in [0.29, 0.717) is 5.56 Å². The van der Waals surface area contributed by atoms with Crippen LogP contribution in [0.3, 0.4) is 0 Å². The number of pyridine rings is 1. The summed E-state index contributed by atoms with van der Waals surface area (Å²) in [6, 6.07) is 13.2. The van der Waals surface area contributed by atoms with Crippen LogP contribution in [0.25, 0.3) is 0 Å². The molecule has 2 atom stereocenters. The molecule has 1 fully saturated rings. The second-order valence-electron chi connectivity index (χ2n) is 7.09. The van der Waals surface area contributed by atoms with E-state index in [-0.39, 0.29) is 29.6 Å². The van der Waals surface area contributed by atoms with Crippen molar-refractivity contribution >= 4 is 11.8 Å². The Hall–Kier alpha value is -2.69. The van der Waals surface area contributed by atoms with Crippen LogP contribution >= 0.6 is 0 Å². The minimum atomic E-state index is -0.272. The van der Waals surface area contributed by atoms with E-state index >= 15 is 0 Å². The Bertz CT molecular complexity index is 791. The van der Waals surface area contributed by atoms with Gasteiger partial charge in [-0.2, -0.15) is 0 Å². The molecule has 1 N–H and O–H groups in total. The van der Waals surface area contributed by atoms with Crippen molar-refractivity contribution in [2.24, 2.45) is 0 Å². The molecule has 2 unspecified atom stereocenters. The number of carbonyl (C=O) groups is 2. The zero-order valence-electron chi connectivity index (χ0n) is 16.0. The van der Waals surface area contributed by atoms with Crippen LogP contribution < -0.4 is 5.32 Å². The summed E-state index contributed by atoms with van der Waals surface area (Å²) in [6.45, 7) is 4.83. The first-order valence-corrected chi connectivity index (χ1v) is 9.73. The lowest BCUT2D eigenvalue weighted by molar-refractivity contribution is 0.0608. The molecule has 0 saturated carbocycles. The van der Waals surface area contributed by atoms with Crippen molar-refractivity contribution in [1.82, 2.24) is 15.2 Å². The first-order chi connectivity index (χ1) is 13.1. The fourth-order valence-electron chi connectivity index (χ4n) is 3.64. The number of aromatic nitrogens is 1. The zero-order chi connectivity index (χ0) is 19.2. The zero-order valence-corrected chi connectivity index (χ0v) is 16.0. The molecule has 27 heavy (non-hydrogen) atoms. The van der Waals surface area contributed by atoms with Gasteiger partial charge in [0.15, 0.2) is 0 Å². The van der Waals surface area contributed by atoms with Crippen molar-refractivity contribution in [2.75, 3.05) is 6.54 Å². The Balaban J connectivity index is 1.72. The van der Waals surface area contributed by atoms with Crippen molar-refractivity contribution in [3.63, 3.8) is 0 Å². The third-order valence-electron chi connectivity index (χ3n) is 5.25. The summed E-state index contributed by atoms with van der Waals surface area (Å²) >= 11 is 0. The first kappa shape index (κ1) is 19.1. The van der Waals surface area contributed by atoms with Crippen molar-refractivity contribution in [1.29, 1.82) is 0 Å². The third kappa shape index (κ3) is 4.54. The average Bonchev–Trinajstić information content (AvgIpc) is 2.73. The van der Waals surface area contributed by atoms with Crippen LogP contribution in [0.15, 0.2) is 48.7 Å². The fraction of sp³-hybridized carbons (Fsp3) is 0.409. The summed E-state index contributed by atoms with van der Waals surface area (Å²) in [6.07, 6.45) is 5.76. The number of hydrogen-bond acceptors (Lipinski definition) is 3. The van der Waals surface area contributed by atoms with Gasteiger partial charge < -0.3 is 10.2 Å². The third-order valence-corrected chi connectivity index (χ3v) is 5.25. The molecule has 1 aliphatic heterocycles. The summed E-state index contributed by atoms with van der Waals surface area (Å²) in [7, 11) is 0. The van der Waals surface area contributed by atoms with E-state index in [2.05, 4.69) is 17.2 Å². The second-order valence-corrected chi connectivity index (χ2v) is 7.09. The van der Waals surface area contributed by atoms with Gasteiger partial charge >= 0.3 is 0 Å². The number of likely N-dealkylation sites (tertiary alicyclic amines) is 1. The number of nitrogens with one attached hydrogen (secondary N) is 1. The predicted octanol–water partition coefficient (Wildman–Crippen LogP) is 3.98. The molecular weight excluding hydrogens is 338 g/mol. The Morgan fingerprint density at radius 1 is 1.22 bits per heavy atom. The molecule has 5 heteroatoms. The molecule has 1 saturated heterocycles. The van der Waals surface area contributed by atoms with Crippen molar-refractivity contribution in [3.05, 3.63) is 65.5 Å². The largest absolute Gasteiger partial charge is 0.344 e. The lowest BCUT2D eigenvalue weighted by Gasteiger charge is -2.35. The van der Waals surface area contributed by atoms with E-state index in [1.54, 1.807) is 18.3 Å². The normalized spacial score (nSPS) is 18.0. The van der Waals surface area contributed by atoms with E-state index in [1.807, 2.05) is 42.2 Å². The minimum Gasteiger partial charge on any atom is -0.344 e. The molecular formula is C22H27N3O2. The fourth-order valence-corrected chi connectivity index (χ4v) is 3.64. The molecule has 2 heterocycles. The predicted molar refractivity (Wildman–Crippen MR) is 106 cm³/mol. The summed E-state index contributed by atoms with van der Waals surface area (Å²) in [5, 5.41) is 2.95. The molecule has 142 valence electrons. The maximum atomic E-state index is 13.0. The Kier molecular flexibility index (Phi) is 6.22. The smallest absolute Gasteiger partial charge is 0.270 e. The van der Waals surface area contributed by atoms with E-state index in [0.717, 1.165) is 31.4 Å². The SMILES string of the molecule is CCC1CCCCN1C(=O)c1ccnc(C(=O)NC(C)c2ccccc2)c1. The van der Waals surface area contributed by atoms with Crippen LogP contribution in [0.5, 0.6) is 0 Å². The number of hydrogen-bond donors (Lipinski definition) is 1. The molecule has 2 aromatic rings. The van der Waals surface area contributed by atoms with Gasteiger partial charge in [0, 0.05) is 24.3 Å². The number of piperidine rings is 1. The van der Waals surface area contributed by atoms with Gasteiger partial charge in [0.05, 0.1) is 6.04 Å². The first-order valence-electron chi connectivity index (χ1n) is 9.73. The summed E-state index contributed by atoms with van der Waals surface area (Å²) < 4.78 is 0. The van der Waals surface area contributed by atoms with Gasteiger partial charge in [-0.25, -0.2) is 0 Å². The van der Waals surface area contributed by atoms with E-state index in [1.165, 1.54) is 6.42 Å². The van der Waals surface area contributed by atoms with Crippen LogP contribution in [0, 0.1) is 0 Å². The summed E-state index contributed by atoms with van der Waals surface area (Å²) in [5.74, 6) is -0.277. The van der Waals surface area contributed by atoms with Crippen LogP contribution in [0.4, 0.5) is 0 Å². The van der Waals surface area contributed by atoms with Crippen molar-refractivity contribution in [3.8, 4) is 0 Å². The maximum absolute atomic E-state index is 13.0. The lowest BCUT2D eigenvalue weighted by Crippen LogP contribution is -2.43. The van der Waals surface area contributed by atoms with Crippen LogP contribution in [0.2, 0.25) is 0 Å². The Labute approximate surface area is 160 Å². The van der Waals surface area contributed by atoms with Gasteiger partial charge in [0.1, 0.15) is 5.69 Å². The number of carbonyl (C=O) groups excluding carboxylic acids is 2. The molecule has 0 aliphatic carbocycles. The van der Waals surface area contributed by atoms with Crippen LogP contribution in [-0.2, 0) is 0 Å². The maximum Gasteiger partial charge on any atom is 0.270 e. The van der Waals surface area contributed by atoms with E-state index in [9.17, 15) is 9.59 Å². The molecule has 3 rings (SSSR count). The Morgan fingerprint density at radius 2 is 2.00 bits per heavy atom. The second kappa shape index (κ2) is 8.80. The monoisotopic (exact) mass is 365 g/mol. The molecule has 5 nitrogen and oxygen atoms in total. The standard InChI is InChI=1S/C22H27N3O2/c1-3-19-11-7-8-14-25(19)22(27)18-12-13-23-20(15-18)21(26)24-16(2)17-9-5-4-6-10-17/h4-6,9-10,12-13,15-16,19H,3,7-8,11,14H2,1-2H3,(H,24,26). The van der Waals surface area contributed by atoms with Crippen LogP contribution in [0.1, 0.15) is 72.0 Å². The number of rotatable bonds is 5. The highest BCUT2D eigenvalue weighted by molar-refractivity contribution is 5.98. The van der Waals surface area contributed by atoms with Gasteiger partial charge in [-0.05, 0) is 50.3 Å². The highest BCUT2D eigenvalue weighted by atomic mass is 16.2. The van der Waals surface area contributed by atoms with Gasteiger partial charge in [0.2, 0.25) is 0 Å². The van der Waals surface area contributed by atoms with E-state index in [4.69, 9.17) is 0 Å². The molecule has 1 aromatic carbocycles. The number of nitrogens with zero attached hydrogens (tertiary/aromatic N) is 2. The van der Waals surface area contributed by atoms with E-state index < -0.39 is 0 Å². The van der Waals surface area contributed by atoms with Gasteiger partial charge in [-0.15, -0.1) is 0 Å². The summed E-state index contributed by atoms with van der Waals surface area (Å²) in [4.78, 5) is 31.7. The quantitative estimate of drug-likeness (QED) is 0.872. The molecule has 0 radical (unpaired) electrons. The van der Waals surface area contributed by atoms with Gasteiger partial charge in [-0.1, -0.05) is 37.3 Å². The minimum absolute atomic E-state index is 0.00546. The van der Waals surface area contributed by atoms with Crippen molar-refractivity contribution < 1.29 is 9.59 Å². The highest BCUT2D eigenvalue weighted by Crippen LogP contribution is 2.22. The number of amides is 2. The number of benzene rings is 1. The molecule has 1 aliphatic rings. The average molecular weight is 365 g/mol. The van der Waals surface area contributed by atoms with Crippen molar-refractivity contribution in [2.45, 2.75) is 51.6 Å². The molecule has 2 amide bonds. The topological polar surface area (TPSA) is 62.3 Å². The molecule has 1 aromatic heterocycles. The van der Waals surface area contributed by atoms with Crippen LogP contribution in [-0.4, -0.2) is 34.3 Å². The Morgan fingerprint density at radius 3 is 2.74 bits per heavy atom. The molecule has 0 bridgehead atoms. The summed E-state index contributed by atoms with van der Waals surface area (Å²) in [5.41, 5.74) is 1.83. The van der Waals surface area contributed by atoms with Gasteiger partial charge in [-0.3, -0.25) is 14.6 Å².